The van der Waals surface area contributed by atoms with Crippen LogP contribution in [-0.2, 0) is 43.9 Å². The molecule has 9 aromatic rings. The zero-order valence-corrected chi connectivity index (χ0v) is 49.0. The summed E-state index contributed by atoms with van der Waals surface area (Å²) in [7, 11) is 0. The van der Waals surface area contributed by atoms with Crippen molar-refractivity contribution in [1.29, 1.82) is 0 Å². The van der Waals surface area contributed by atoms with Crippen LogP contribution in [-0.4, -0.2) is 20.9 Å². The van der Waals surface area contributed by atoms with Crippen LogP contribution in [0.2, 0.25) is 0 Å². The van der Waals surface area contributed by atoms with E-state index in [1.807, 2.05) is 6.20 Å². The van der Waals surface area contributed by atoms with Crippen molar-refractivity contribution >= 4 is 50.4 Å². The van der Waals surface area contributed by atoms with E-state index in [9.17, 15) is 0 Å². The Morgan fingerprint density at radius 3 is 2.08 bits per heavy atom. The van der Waals surface area contributed by atoms with Gasteiger partial charge in [0.2, 0.25) is 0 Å². The van der Waals surface area contributed by atoms with Crippen LogP contribution in [0.25, 0.3) is 38.8 Å². The Balaban J connectivity index is 0.00000602. The monoisotopic (exact) mass is 1160 g/mol. The Bertz CT molecular complexity index is 3920. The molecule has 0 N–H and O–H groups in total. The number of benzene rings is 7. The molecule has 0 amide bonds. The van der Waals surface area contributed by atoms with Gasteiger partial charge in [0, 0.05) is 23.1 Å². The zero-order valence-electron chi connectivity index (χ0n) is 46.7. The first kappa shape index (κ1) is 50.6. The van der Waals surface area contributed by atoms with Gasteiger partial charge in [-0.2, -0.15) is 6.07 Å². The molecule has 0 unspecified atom stereocenters. The molecule has 1 aliphatic carbocycles. The molecule has 6 heteroatoms. The molecule has 2 aromatic heterocycles. The van der Waals surface area contributed by atoms with Gasteiger partial charge in [0.25, 0.3) is 0 Å². The van der Waals surface area contributed by atoms with Crippen LogP contribution < -0.4 is 9.80 Å². The minimum atomic E-state index is -0.547. The summed E-state index contributed by atoms with van der Waals surface area (Å²) in [6.45, 7) is 36.8. The summed E-state index contributed by atoms with van der Waals surface area (Å²) in [6, 6.07) is 49.6. The second-order valence-electron chi connectivity index (χ2n) is 24.2. The Morgan fingerprint density at radius 2 is 1.35 bits per heavy atom. The van der Waals surface area contributed by atoms with Gasteiger partial charge in [0.05, 0.1) is 16.9 Å². The molecular formula is C69H69N5Pt. The van der Waals surface area contributed by atoms with E-state index >= 15 is 0 Å². The van der Waals surface area contributed by atoms with Gasteiger partial charge in [-0.15, -0.1) is 40.8 Å². The Morgan fingerprint density at radius 1 is 0.613 bits per heavy atom. The predicted molar refractivity (Wildman–Crippen MR) is 311 cm³/mol. The van der Waals surface area contributed by atoms with Crippen molar-refractivity contribution in [1.82, 2.24) is 9.55 Å². The Hall–Kier alpha value is -6.55. The van der Waals surface area contributed by atoms with E-state index in [1.54, 1.807) is 0 Å². The third-order valence-electron chi connectivity index (χ3n) is 18.1. The molecule has 4 heterocycles. The van der Waals surface area contributed by atoms with Crippen molar-refractivity contribution in [3.8, 4) is 16.9 Å². The average molecular weight is 1160 g/mol. The molecule has 7 aromatic carbocycles. The molecule has 2 aliphatic heterocycles. The first-order valence-corrected chi connectivity index (χ1v) is 26.6. The molecular weight excluding hydrogens is 1090 g/mol. The number of pyridine rings is 1. The van der Waals surface area contributed by atoms with Crippen LogP contribution >= 0.6 is 0 Å². The number of rotatable bonds is 5. The maximum absolute atomic E-state index is 6.12. The van der Waals surface area contributed by atoms with E-state index < -0.39 is 11.1 Å². The van der Waals surface area contributed by atoms with Crippen LogP contribution in [0.1, 0.15) is 132 Å². The van der Waals surface area contributed by atoms with E-state index in [1.165, 1.54) is 99.9 Å². The number of aryl methyl sites for hydroxylation is 6. The molecule has 2 atom stereocenters. The summed E-state index contributed by atoms with van der Waals surface area (Å²) in [5, 5.41) is 2.37. The molecule has 0 radical (unpaired) electrons. The molecule has 0 spiro atoms. The number of aromatic nitrogens is 2. The smallest absolute Gasteiger partial charge is 0.357 e. The van der Waals surface area contributed by atoms with Gasteiger partial charge in [0.1, 0.15) is 5.82 Å². The largest absolute Gasteiger partial charge is 2.00 e. The van der Waals surface area contributed by atoms with Crippen LogP contribution in [0.15, 0.2) is 120 Å². The van der Waals surface area contributed by atoms with Crippen molar-refractivity contribution in [3.05, 3.63) is 211 Å². The number of anilines is 4. The molecule has 0 bridgehead atoms. The maximum Gasteiger partial charge on any atom is 2.00 e. The number of hydrogen-bond acceptors (Lipinski definition) is 4. The van der Waals surface area contributed by atoms with Crippen molar-refractivity contribution in [2.24, 2.45) is 4.99 Å². The summed E-state index contributed by atoms with van der Waals surface area (Å²) in [5.41, 5.74) is 26.4. The van der Waals surface area contributed by atoms with Crippen LogP contribution in [0.3, 0.4) is 0 Å². The quantitative estimate of drug-likeness (QED) is 0.161. The van der Waals surface area contributed by atoms with Gasteiger partial charge in [-0.05, 0) is 201 Å². The molecule has 0 saturated carbocycles. The minimum Gasteiger partial charge on any atom is -0.357 e. The molecule has 0 fully saturated rings. The molecule has 0 saturated heterocycles. The summed E-state index contributed by atoms with van der Waals surface area (Å²) >= 11 is 0. The van der Waals surface area contributed by atoms with Gasteiger partial charge in [-0.25, -0.2) is 4.98 Å². The van der Waals surface area contributed by atoms with Crippen LogP contribution in [0.5, 0.6) is 0 Å². The third-order valence-corrected chi connectivity index (χ3v) is 18.1. The Labute approximate surface area is 460 Å². The number of para-hydroxylation sites is 1. The van der Waals surface area contributed by atoms with E-state index in [2.05, 4.69) is 246 Å². The maximum atomic E-state index is 6.12. The summed E-state index contributed by atoms with van der Waals surface area (Å²) in [4.78, 5) is 16.3. The second kappa shape index (κ2) is 17.2. The first-order valence-electron chi connectivity index (χ1n) is 26.6. The van der Waals surface area contributed by atoms with Gasteiger partial charge in [-0.1, -0.05) is 124 Å². The van der Waals surface area contributed by atoms with Gasteiger partial charge in [-0.3, -0.25) is 0 Å². The SMILES string of the molecule is Cc1ccc2c(c1)c1cc3c([c-]c1n2-c1cc(C(C)(C)C)ccn1)N(c1[c-]c(C2=N[C@]4(C)c5ccc(C)c(C)c5C[C@]4(C)N2c2c(C)cc(C)c(C)c2C)cc(-c2c(C)cccc2C)c1)c1ccccc1C3(C)C.[Pt+2]. The fourth-order valence-corrected chi connectivity index (χ4v) is 13.4. The summed E-state index contributed by atoms with van der Waals surface area (Å²) in [6.07, 6.45) is 2.84. The molecule has 5 nitrogen and oxygen atoms in total. The molecule has 75 heavy (non-hydrogen) atoms. The topological polar surface area (TPSA) is 36.7 Å². The summed E-state index contributed by atoms with van der Waals surface area (Å²) < 4.78 is 2.34. The number of aliphatic imine (C=N–C) groups is 1. The van der Waals surface area contributed by atoms with Crippen molar-refractivity contribution < 1.29 is 21.1 Å². The average Bonchev–Trinajstić information content (AvgIpc) is 3.99. The number of fused-ring (bicyclic) bond motifs is 8. The van der Waals surface area contributed by atoms with Gasteiger partial charge < -0.3 is 19.4 Å². The normalized spacial score (nSPS) is 18.5. The van der Waals surface area contributed by atoms with E-state index in [0.717, 1.165) is 57.3 Å². The first-order chi connectivity index (χ1) is 35.0. The fourth-order valence-electron chi connectivity index (χ4n) is 13.4. The molecule has 3 aliphatic rings. The van der Waals surface area contributed by atoms with Gasteiger partial charge >= 0.3 is 21.1 Å². The fraction of sp³-hybridized carbons (Fsp3) is 0.304. The zero-order chi connectivity index (χ0) is 52.3. The Kier molecular flexibility index (Phi) is 11.6. The number of hydrogen-bond donors (Lipinski definition) is 0. The molecule has 380 valence electrons. The van der Waals surface area contributed by atoms with Crippen molar-refractivity contribution in [2.75, 3.05) is 9.80 Å². The standard InChI is InChI=1S/C69H69N5.Pt/c1-39-24-27-58-52(30-39)53-36-57-61(37-60(53)73(58)62-35-50(28-29-70-62)66(10,11)12)72(59-23-18-17-22-56(59)67(57,13)14)51-33-48(63-41(3)20-19-21-42(63)4)32-49(34-51)65-71-69(16)55-26-25-40(2)46(8)54(55)38-68(69,15)74(65)64-44(6)31-43(5)45(7)47(64)9;/h17-33,35-36H,38H2,1-16H3;/q-2;+2/t68-,69+;/m0./s1. The second-order valence-corrected chi connectivity index (χ2v) is 24.2. The van der Waals surface area contributed by atoms with E-state index in [0.29, 0.717) is 0 Å². The van der Waals surface area contributed by atoms with Crippen LogP contribution in [0, 0.1) is 74.4 Å². The minimum absolute atomic E-state index is 0. The van der Waals surface area contributed by atoms with E-state index in [-0.39, 0.29) is 31.9 Å². The van der Waals surface area contributed by atoms with Crippen molar-refractivity contribution in [3.63, 3.8) is 0 Å². The number of nitrogens with zero attached hydrogens (tertiary/aromatic N) is 5. The third kappa shape index (κ3) is 7.26. The predicted octanol–water partition coefficient (Wildman–Crippen LogP) is 17.1. The molecule has 12 rings (SSSR count). The number of amidine groups is 1. The van der Waals surface area contributed by atoms with Gasteiger partial charge in [0.15, 0.2) is 0 Å². The van der Waals surface area contributed by atoms with Crippen molar-refractivity contribution in [2.45, 2.75) is 139 Å². The summed E-state index contributed by atoms with van der Waals surface area (Å²) in [5.74, 6) is 1.84. The van der Waals surface area contributed by atoms with Crippen LogP contribution in [0.4, 0.5) is 22.7 Å². The van der Waals surface area contributed by atoms with E-state index in [4.69, 9.17) is 9.98 Å².